The van der Waals surface area contributed by atoms with Crippen molar-refractivity contribution < 1.29 is 0 Å². The van der Waals surface area contributed by atoms with Gasteiger partial charge in [-0.05, 0) is 39.0 Å². The van der Waals surface area contributed by atoms with Gasteiger partial charge in [0.2, 0.25) is 0 Å². The summed E-state index contributed by atoms with van der Waals surface area (Å²) in [6.45, 7) is 6.88. The Hall–Kier alpha value is -1.90. The summed E-state index contributed by atoms with van der Waals surface area (Å²) in [6.07, 6.45) is 1.69. The minimum absolute atomic E-state index is 0.00655. The number of rotatable bonds is 3. The molecule has 2 rings (SSSR count). The Kier molecular flexibility index (Phi) is 4.07. The fourth-order valence-electron chi connectivity index (χ4n) is 1.68. The maximum absolute atomic E-state index is 8.98. The summed E-state index contributed by atoms with van der Waals surface area (Å²) in [5.74, 6) is 0. The van der Waals surface area contributed by atoms with E-state index in [9.17, 15) is 0 Å². The van der Waals surface area contributed by atoms with Gasteiger partial charge in [0, 0.05) is 12.1 Å². The van der Waals surface area contributed by atoms with E-state index >= 15 is 0 Å². The van der Waals surface area contributed by atoms with Crippen LogP contribution in [0.4, 0.5) is 0 Å². The van der Waals surface area contributed by atoms with Gasteiger partial charge in [-0.25, -0.2) is 4.68 Å². The quantitative estimate of drug-likeness (QED) is 0.943. The average Bonchev–Trinajstić information content (AvgIpc) is 2.84. The Morgan fingerprint density at radius 1 is 1.40 bits per heavy atom. The highest BCUT2D eigenvalue weighted by molar-refractivity contribution is 6.32. The molecule has 0 atom stereocenters. The Morgan fingerprint density at radius 2 is 2.15 bits per heavy atom. The zero-order valence-electron chi connectivity index (χ0n) is 11.7. The lowest BCUT2D eigenvalue weighted by Crippen LogP contribution is -2.35. The standard InChI is InChI=1S/C14H16ClN5/c1-14(2,3)17-8-11-9-18-19-20(11)13-6-10(7-16)4-5-12(13)15/h4-6,9,17H,8H2,1-3H3. The third-order valence-electron chi connectivity index (χ3n) is 2.72. The molecule has 104 valence electrons. The third-order valence-corrected chi connectivity index (χ3v) is 3.04. The number of nitrogens with zero attached hydrogens (tertiary/aromatic N) is 4. The van der Waals surface area contributed by atoms with E-state index in [0.29, 0.717) is 22.8 Å². The molecule has 1 aromatic carbocycles. The summed E-state index contributed by atoms with van der Waals surface area (Å²) in [5, 5.41) is 20.9. The summed E-state index contributed by atoms with van der Waals surface area (Å²) >= 11 is 6.19. The molecule has 1 aromatic heterocycles. The van der Waals surface area contributed by atoms with E-state index in [1.54, 1.807) is 29.1 Å². The number of hydrogen-bond acceptors (Lipinski definition) is 4. The molecule has 6 heteroatoms. The fraction of sp³-hybridized carbons (Fsp3) is 0.357. The second-order valence-corrected chi connectivity index (χ2v) is 5.93. The van der Waals surface area contributed by atoms with Crippen LogP contribution in [-0.2, 0) is 6.54 Å². The average molecular weight is 290 g/mol. The summed E-state index contributed by atoms with van der Waals surface area (Å²) in [6, 6.07) is 7.17. The number of halogens is 1. The molecule has 1 heterocycles. The maximum Gasteiger partial charge on any atom is 0.0992 e. The van der Waals surface area contributed by atoms with Crippen LogP contribution in [0.5, 0.6) is 0 Å². The van der Waals surface area contributed by atoms with Gasteiger partial charge >= 0.3 is 0 Å². The Balaban J connectivity index is 2.35. The van der Waals surface area contributed by atoms with Crippen molar-refractivity contribution in [2.24, 2.45) is 0 Å². The van der Waals surface area contributed by atoms with Crippen LogP contribution in [0.25, 0.3) is 5.69 Å². The van der Waals surface area contributed by atoms with Crippen molar-refractivity contribution >= 4 is 11.6 Å². The van der Waals surface area contributed by atoms with E-state index in [0.717, 1.165) is 5.69 Å². The van der Waals surface area contributed by atoms with Gasteiger partial charge < -0.3 is 5.32 Å². The molecule has 0 fully saturated rings. The highest BCUT2D eigenvalue weighted by atomic mass is 35.5. The van der Waals surface area contributed by atoms with Crippen molar-refractivity contribution in [3.63, 3.8) is 0 Å². The van der Waals surface area contributed by atoms with E-state index in [4.69, 9.17) is 16.9 Å². The van der Waals surface area contributed by atoms with Crippen LogP contribution in [-0.4, -0.2) is 20.5 Å². The van der Waals surface area contributed by atoms with Crippen molar-refractivity contribution in [3.05, 3.63) is 40.7 Å². The first kappa shape index (κ1) is 14.5. The number of hydrogen-bond donors (Lipinski definition) is 1. The smallest absolute Gasteiger partial charge is 0.0992 e. The lowest BCUT2D eigenvalue weighted by atomic mass is 10.1. The van der Waals surface area contributed by atoms with Gasteiger partial charge in [-0.3, -0.25) is 0 Å². The zero-order chi connectivity index (χ0) is 14.8. The predicted octanol–water partition coefficient (Wildman–Crippen LogP) is 2.68. The molecule has 0 radical (unpaired) electrons. The second-order valence-electron chi connectivity index (χ2n) is 5.52. The Labute approximate surface area is 123 Å². The molecule has 0 aliphatic carbocycles. The third kappa shape index (κ3) is 3.35. The molecule has 5 nitrogen and oxygen atoms in total. The number of aromatic nitrogens is 3. The molecule has 0 aliphatic rings. The molecule has 20 heavy (non-hydrogen) atoms. The predicted molar refractivity (Wildman–Crippen MR) is 77.7 cm³/mol. The molecule has 2 aromatic rings. The van der Waals surface area contributed by atoms with Crippen LogP contribution in [0.2, 0.25) is 5.02 Å². The SMILES string of the molecule is CC(C)(C)NCc1cnnn1-c1cc(C#N)ccc1Cl. The molecule has 0 saturated heterocycles. The minimum atomic E-state index is -0.00655. The normalized spacial score (nSPS) is 11.3. The lowest BCUT2D eigenvalue weighted by molar-refractivity contribution is 0.418. The minimum Gasteiger partial charge on any atom is -0.306 e. The molecular formula is C14H16ClN5. The number of benzene rings is 1. The summed E-state index contributed by atoms with van der Waals surface area (Å²) in [7, 11) is 0. The highest BCUT2D eigenvalue weighted by Gasteiger charge is 2.14. The van der Waals surface area contributed by atoms with Crippen molar-refractivity contribution in [2.75, 3.05) is 0 Å². The van der Waals surface area contributed by atoms with Gasteiger partial charge in [0.15, 0.2) is 0 Å². The summed E-state index contributed by atoms with van der Waals surface area (Å²) in [5.41, 5.74) is 2.08. The summed E-state index contributed by atoms with van der Waals surface area (Å²) in [4.78, 5) is 0. The second kappa shape index (κ2) is 5.61. The topological polar surface area (TPSA) is 66.5 Å². The lowest BCUT2D eigenvalue weighted by Gasteiger charge is -2.20. The van der Waals surface area contributed by atoms with Crippen LogP contribution in [0.15, 0.2) is 24.4 Å². The van der Waals surface area contributed by atoms with E-state index < -0.39 is 0 Å². The Morgan fingerprint density at radius 3 is 2.80 bits per heavy atom. The first-order chi connectivity index (χ1) is 9.40. The van der Waals surface area contributed by atoms with E-state index in [1.807, 2.05) is 0 Å². The van der Waals surface area contributed by atoms with Crippen molar-refractivity contribution in [3.8, 4) is 11.8 Å². The first-order valence-electron chi connectivity index (χ1n) is 6.25. The van der Waals surface area contributed by atoms with Crippen LogP contribution in [0.1, 0.15) is 32.0 Å². The molecule has 0 aliphatic heterocycles. The van der Waals surface area contributed by atoms with E-state index in [1.165, 1.54) is 0 Å². The fourth-order valence-corrected chi connectivity index (χ4v) is 1.88. The van der Waals surface area contributed by atoms with E-state index in [-0.39, 0.29) is 5.54 Å². The van der Waals surface area contributed by atoms with Crippen molar-refractivity contribution in [2.45, 2.75) is 32.9 Å². The van der Waals surface area contributed by atoms with Gasteiger partial charge in [-0.15, -0.1) is 5.10 Å². The molecule has 0 spiro atoms. The number of nitrogens with one attached hydrogen (secondary N) is 1. The van der Waals surface area contributed by atoms with Gasteiger partial charge in [0.25, 0.3) is 0 Å². The van der Waals surface area contributed by atoms with Crippen molar-refractivity contribution in [1.82, 2.24) is 20.3 Å². The molecule has 1 N–H and O–H groups in total. The molecule has 0 saturated carbocycles. The van der Waals surface area contributed by atoms with Gasteiger partial charge in [0.1, 0.15) is 0 Å². The highest BCUT2D eigenvalue weighted by Crippen LogP contribution is 2.22. The monoisotopic (exact) mass is 289 g/mol. The van der Waals surface area contributed by atoms with Crippen LogP contribution >= 0.6 is 11.6 Å². The van der Waals surface area contributed by atoms with Crippen molar-refractivity contribution in [1.29, 1.82) is 5.26 Å². The number of nitriles is 1. The van der Waals surface area contributed by atoms with Crippen LogP contribution < -0.4 is 5.32 Å². The maximum atomic E-state index is 8.98. The zero-order valence-corrected chi connectivity index (χ0v) is 12.4. The van der Waals surface area contributed by atoms with Crippen LogP contribution in [0, 0.1) is 11.3 Å². The molecule has 0 amide bonds. The van der Waals surface area contributed by atoms with Gasteiger partial charge in [-0.1, -0.05) is 16.8 Å². The van der Waals surface area contributed by atoms with Gasteiger partial charge in [-0.2, -0.15) is 5.26 Å². The first-order valence-corrected chi connectivity index (χ1v) is 6.63. The molecular weight excluding hydrogens is 274 g/mol. The largest absolute Gasteiger partial charge is 0.306 e. The molecule has 0 bridgehead atoms. The van der Waals surface area contributed by atoms with E-state index in [2.05, 4.69) is 42.5 Å². The Bertz CT molecular complexity index is 648. The van der Waals surface area contributed by atoms with Gasteiger partial charge in [0.05, 0.1) is 34.2 Å². The molecule has 0 unspecified atom stereocenters. The summed E-state index contributed by atoms with van der Waals surface area (Å²) < 4.78 is 1.65. The van der Waals surface area contributed by atoms with Crippen LogP contribution in [0.3, 0.4) is 0 Å².